The van der Waals surface area contributed by atoms with E-state index in [0.29, 0.717) is 11.4 Å². The summed E-state index contributed by atoms with van der Waals surface area (Å²) < 4.78 is 0. The highest BCUT2D eigenvalue weighted by Gasteiger charge is 2.37. The van der Waals surface area contributed by atoms with Crippen molar-refractivity contribution in [2.24, 2.45) is 5.41 Å². The maximum atomic E-state index is 5.82. The summed E-state index contributed by atoms with van der Waals surface area (Å²) in [5.74, 6) is 2.16. The molecule has 0 amide bonds. The van der Waals surface area contributed by atoms with Crippen molar-refractivity contribution >= 4 is 17.6 Å². The molecule has 0 unspecified atom stereocenters. The van der Waals surface area contributed by atoms with Gasteiger partial charge in [0.2, 0.25) is 5.95 Å². The summed E-state index contributed by atoms with van der Waals surface area (Å²) in [6.45, 7) is 5.10. The van der Waals surface area contributed by atoms with Crippen LogP contribution in [0.4, 0.5) is 17.6 Å². The van der Waals surface area contributed by atoms with Crippen LogP contribution in [-0.4, -0.2) is 29.6 Å². The van der Waals surface area contributed by atoms with Crippen LogP contribution in [0.5, 0.6) is 0 Å². The quantitative estimate of drug-likeness (QED) is 0.887. The van der Waals surface area contributed by atoms with Crippen LogP contribution >= 0.6 is 0 Å². The number of nitrogens with two attached hydrogens (primary N) is 1. The van der Waals surface area contributed by atoms with Crippen LogP contribution in [0.1, 0.15) is 45.4 Å². The van der Waals surface area contributed by atoms with Crippen LogP contribution in [0.2, 0.25) is 0 Å². The zero-order valence-electron chi connectivity index (χ0n) is 12.4. The molecule has 1 aromatic rings. The summed E-state index contributed by atoms with van der Waals surface area (Å²) in [6, 6.07) is 2.02. The molecule has 0 aromatic carbocycles. The van der Waals surface area contributed by atoms with E-state index in [1.165, 1.54) is 38.5 Å². The normalized spacial score (nSPS) is 21.4. The van der Waals surface area contributed by atoms with Crippen molar-refractivity contribution in [2.45, 2.75) is 45.4 Å². The number of nitrogens with one attached hydrogen (secondary N) is 1. The smallest absolute Gasteiger partial charge is 0.223 e. The number of nitrogen functional groups attached to an aromatic ring is 1. The van der Waals surface area contributed by atoms with E-state index in [4.69, 9.17) is 5.73 Å². The van der Waals surface area contributed by atoms with Crippen LogP contribution in [0.3, 0.4) is 0 Å². The van der Waals surface area contributed by atoms with Gasteiger partial charge in [-0.2, -0.15) is 9.97 Å². The highest BCUT2D eigenvalue weighted by Crippen LogP contribution is 2.46. The molecular weight excluding hydrogens is 250 g/mol. The Morgan fingerprint density at radius 2 is 1.90 bits per heavy atom. The van der Waals surface area contributed by atoms with E-state index < -0.39 is 0 Å². The number of hydrogen-bond donors (Lipinski definition) is 2. The molecule has 1 saturated heterocycles. The molecule has 2 fully saturated rings. The average molecular weight is 275 g/mol. The highest BCUT2D eigenvalue weighted by atomic mass is 15.2. The lowest BCUT2D eigenvalue weighted by atomic mass is 9.77. The van der Waals surface area contributed by atoms with Gasteiger partial charge in [0.05, 0.1) is 0 Å². The van der Waals surface area contributed by atoms with Crippen molar-refractivity contribution in [1.29, 1.82) is 0 Å². The van der Waals surface area contributed by atoms with E-state index in [1.807, 2.05) is 6.07 Å². The molecule has 1 aliphatic heterocycles. The van der Waals surface area contributed by atoms with Crippen LogP contribution in [-0.2, 0) is 0 Å². The SMILES string of the molecule is CCNc1cc(N2CCC3(CCCC3)CC2)nc(N)n1. The summed E-state index contributed by atoms with van der Waals surface area (Å²) >= 11 is 0. The second-order valence-corrected chi connectivity index (χ2v) is 6.19. The molecule has 1 aromatic heterocycles. The number of aromatic nitrogens is 2. The van der Waals surface area contributed by atoms with Gasteiger partial charge in [-0.15, -0.1) is 0 Å². The minimum atomic E-state index is 0.361. The molecule has 2 heterocycles. The van der Waals surface area contributed by atoms with Gasteiger partial charge in [-0.1, -0.05) is 12.8 Å². The number of hydrogen-bond acceptors (Lipinski definition) is 5. The molecule has 0 bridgehead atoms. The molecule has 1 spiro atoms. The van der Waals surface area contributed by atoms with Gasteiger partial charge in [-0.25, -0.2) is 0 Å². The van der Waals surface area contributed by atoms with Crippen molar-refractivity contribution in [3.63, 3.8) is 0 Å². The number of rotatable bonds is 3. The molecule has 0 radical (unpaired) electrons. The predicted octanol–water partition coefficient (Wildman–Crippen LogP) is 2.65. The summed E-state index contributed by atoms with van der Waals surface area (Å²) in [4.78, 5) is 11.0. The highest BCUT2D eigenvalue weighted by molar-refractivity contribution is 5.52. The first kappa shape index (κ1) is 13.5. The van der Waals surface area contributed by atoms with Crippen LogP contribution in [0, 0.1) is 5.41 Å². The Labute approximate surface area is 121 Å². The van der Waals surface area contributed by atoms with Gasteiger partial charge < -0.3 is 16.0 Å². The van der Waals surface area contributed by atoms with Gasteiger partial charge in [0, 0.05) is 25.7 Å². The van der Waals surface area contributed by atoms with Crippen LogP contribution in [0.15, 0.2) is 6.07 Å². The Hall–Kier alpha value is -1.52. The Morgan fingerprint density at radius 3 is 2.55 bits per heavy atom. The second kappa shape index (κ2) is 5.46. The van der Waals surface area contributed by atoms with Gasteiger partial charge >= 0.3 is 0 Å². The largest absolute Gasteiger partial charge is 0.370 e. The standard InChI is InChI=1S/C15H25N5/c1-2-17-12-11-13(19-14(16)18-12)20-9-7-15(8-10-20)5-3-4-6-15/h11H,2-10H2,1H3,(H3,16,17,18,19). The van der Waals surface area contributed by atoms with Crippen molar-refractivity contribution in [1.82, 2.24) is 9.97 Å². The molecule has 3 N–H and O–H groups in total. The van der Waals surface area contributed by atoms with E-state index in [2.05, 4.69) is 27.1 Å². The van der Waals surface area contributed by atoms with E-state index in [9.17, 15) is 0 Å². The molecule has 1 aliphatic carbocycles. The van der Waals surface area contributed by atoms with E-state index in [1.54, 1.807) is 0 Å². The molecule has 20 heavy (non-hydrogen) atoms. The lowest BCUT2D eigenvalue weighted by Crippen LogP contribution is -2.39. The minimum Gasteiger partial charge on any atom is -0.370 e. The fourth-order valence-corrected chi connectivity index (χ4v) is 3.72. The van der Waals surface area contributed by atoms with Gasteiger partial charge in [-0.05, 0) is 38.0 Å². The van der Waals surface area contributed by atoms with E-state index in [-0.39, 0.29) is 0 Å². The second-order valence-electron chi connectivity index (χ2n) is 6.19. The van der Waals surface area contributed by atoms with Crippen molar-refractivity contribution in [3.8, 4) is 0 Å². The first-order chi connectivity index (χ1) is 9.71. The van der Waals surface area contributed by atoms with Gasteiger partial charge in [0.25, 0.3) is 0 Å². The lowest BCUT2D eigenvalue weighted by molar-refractivity contribution is 0.226. The molecule has 2 aliphatic rings. The number of piperidine rings is 1. The van der Waals surface area contributed by atoms with Gasteiger partial charge in [0.15, 0.2) is 0 Å². The first-order valence-electron chi connectivity index (χ1n) is 7.84. The summed E-state index contributed by atoms with van der Waals surface area (Å²) in [6.07, 6.45) is 8.29. The Morgan fingerprint density at radius 1 is 1.20 bits per heavy atom. The van der Waals surface area contributed by atoms with Crippen LogP contribution < -0.4 is 16.0 Å². The Kier molecular flexibility index (Phi) is 3.68. The zero-order chi connectivity index (χ0) is 14.0. The van der Waals surface area contributed by atoms with Crippen molar-refractivity contribution in [3.05, 3.63) is 6.07 Å². The third-order valence-corrected chi connectivity index (χ3v) is 4.90. The number of anilines is 3. The molecule has 0 atom stereocenters. The minimum absolute atomic E-state index is 0.361. The molecular formula is C15H25N5. The predicted molar refractivity (Wildman–Crippen MR) is 83.0 cm³/mol. The fourth-order valence-electron chi connectivity index (χ4n) is 3.72. The molecule has 3 rings (SSSR count). The maximum absolute atomic E-state index is 5.82. The first-order valence-corrected chi connectivity index (χ1v) is 7.84. The van der Waals surface area contributed by atoms with Crippen molar-refractivity contribution in [2.75, 3.05) is 35.6 Å². The van der Waals surface area contributed by atoms with E-state index >= 15 is 0 Å². The topological polar surface area (TPSA) is 67.1 Å². The molecule has 1 saturated carbocycles. The maximum Gasteiger partial charge on any atom is 0.223 e. The lowest BCUT2D eigenvalue weighted by Gasteiger charge is -2.40. The third kappa shape index (κ3) is 2.67. The molecule has 5 heteroatoms. The van der Waals surface area contributed by atoms with Crippen molar-refractivity contribution < 1.29 is 0 Å². The van der Waals surface area contributed by atoms with Crippen LogP contribution in [0.25, 0.3) is 0 Å². The number of nitrogens with zero attached hydrogens (tertiary/aromatic N) is 3. The Bertz CT molecular complexity index is 457. The monoisotopic (exact) mass is 275 g/mol. The average Bonchev–Trinajstić information content (AvgIpc) is 2.88. The molecule has 110 valence electrons. The third-order valence-electron chi connectivity index (χ3n) is 4.90. The Balaban J connectivity index is 1.71. The summed E-state index contributed by atoms with van der Waals surface area (Å²) in [5.41, 5.74) is 6.46. The molecule has 5 nitrogen and oxygen atoms in total. The zero-order valence-corrected chi connectivity index (χ0v) is 12.4. The summed E-state index contributed by atoms with van der Waals surface area (Å²) in [7, 11) is 0. The fraction of sp³-hybridized carbons (Fsp3) is 0.733. The summed E-state index contributed by atoms with van der Waals surface area (Å²) in [5, 5.41) is 3.22. The van der Waals surface area contributed by atoms with Gasteiger partial charge in [-0.3, -0.25) is 0 Å². The van der Waals surface area contributed by atoms with Gasteiger partial charge in [0.1, 0.15) is 11.6 Å². The van der Waals surface area contributed by atoms with E-state index in [0.717, 1.165) is 31.3 Å².